The fourth-order valence-electron chi connectivity index (χ4n) is 3.64. The van der Waals surface area contributed by atoms with Crippen molar-refractivity contribution < 1.29 is 0 Å². The van der Waals surface area contributed by atoms with Gasteiger partial charge in [0.1, 0.15) is 5.82 Å². The molecule has 1 aliphatic heterocycles. The highest BCUT2D eigenvalue weighted by Gasteiger charge is 2.16. The van der Waals surface area contributed by atoms with Gasteiger partial charge < -0.3 is 14.4 Å². The number of imidazole rings is 1. The van der Waals surface area contributed by atoms with Crippen LogP contribution in [0.2, 0.25) is 0 Å². The van der Waals surface area contributed by atoms with Crippen molar-refractivity contribution in [2.45, 2.75) is 6.42 Å². The SMILES string of the molecule is CN1CCN(CCc2nc3cc(Br)c4ccccc4c3n2C)CC1. The Bertz CT molecular complexity index is 878. The van der Waals surface area contributed by atoms with E-state index in [2.05, 4.69) is 74.7 Å². The van der Waals surface area contributed by atoms with Crippen molar-refractivity contribution in [2.24, 2.45) is 7.05 Å². The first-order valence-electron chi connectivity index (χ1n) is 8.57. The molecule has 0 saturated carbocycles. The van der Waals surface area contributed by atoms with Gasteiger partial charge in [0.05, 0.1) is 11.0 Å². The molecule has 1 fully saturated rings. The summed E-state index contributed by atoms with van der Waals surface area (Å²) >= 11 is 3.70. The van der Waals surface area contributed by atoms with Gasteiger partial charge in [-0.2, -0.15) is 0 Å². The summed E-state index contributed by atoms with van der Waals surface area (Å²) in [7, 11) is 4.35. The lowest BCUT2D eigenvalue weighted by molar-refractivity contribution is 0.154. The minimum atomic E-state index is 1.00. The first-order chi connectivity index (χ1) is 11.6. The lowest BCUT2D eigenvalue weighted by atomic mass is 10.1. The summed E-state index contributed by atoms with van der Waals surface area (Å²) in [6.07, 6.45) is 1.00. The number of hydrogen-bond donors (Lipinski definition) is 0. The van der Waals surface area contributed by atoms with E-state index < -0.39 is 0 Å². The summed E-state index contributed by atoms with van der Waals surface area (Å²) in [5, 5.41) is 2.52. The smallest absolute Gasteiger partial charge is 0.110 e. The predicted octanol–water partition coefficient (Wildman–Crippen LogP) is 3.28. The van der Waals surface area contributed by atoms with E-state index in [-0.39, 0.29) is 0 Å². The molecule has 3 aromatic rings. The summed E-state index contributed by atoms with van der Waals surface area (Å²) in [4.78, 5) is 9.87. The molecule has 0 atom stereocenters. The first kappa shape index (κ1) is 16.1. The first-order valence-corrected chi connectivity index (χ1v) is 9.36. The highest BCUT2D eigenvalue weighted by molar-refractivity contribution is 9.10. The van der Waals surface area contributed by atoms with Crippen LogP contribution in [0.4, 0.5) is 0 Å². The summed E-state index contributed by atoms with van der Waals surface area (Å²) in [6.45, 7) is 5.74. The minimum absolute atomic E-state index is 1.00. The number of rotatable bonds is 3. The van der Waals surface area contributed by atoms with Gasteiger partial charge in [0, 0.05) is 56.1 Å². The number of aryl methyl sites for hydroxylation is 1. The van der Waals surface area contributed by atoms with Crippen molar-refractivity contribution in [3.63, 3.8) is 0 Å². The predicted molar refractivity (Wildman–Crippen MR) is 104 cm³/mol. The topological polar surface area (TPSA) is 24.3 Å². The zero-order valence-electron chi connectivity index (χ0n) is 14.3. The Morgan fingerprint density at radius 3 is 2.50 bits per heavy atom. The zero-order chi connectivity index (χ0) is 16.7. The molecular formula is C19H23BrN4. The number of fused-ring (bicyclic) bond motifs is 3. The molecule has 24 heavy (non-hydrogen) atoms. The standard InChI is InChI=1S/C19H23BrN4/c1-22-9-11-24(12-10-22)8-7-18-21-17-13-16(20)14-5-3-4-6-15(14)19(17)23(18)2/h3-6,13H,7-12H2,1-2H3. The molecule has 1 saturated heterocycles. The molecule has 0 unspecified atom stereocenters. The van der Waals surface area contributed by atoms with E-state index in [0.717, 1.165) is 36.0 Å². The third kappa shape index (κ3) is 2.85. The van der Waals surface area contributed by atoms with Crippen molar-refractivity contribution in [1.82, 2.24) is 19.4 Å². The van der Waals surface area contributed by atoms with Gasteiger partial charge in [0.15, 0.2) is 0 Å². The Morgan fingerprint density at radius 2 is 1.75 bits per heavy atom. The van der Waals surface area contributed by atoms with Gasteiger partial charge in [-0.05, 0) is 18.5 Å². The molecule has 4 nitrogen and oxygen atoms in total. The molecular weight excluding hydrogens is 364 g/mol. The summed E-state index contributed by atoms with van der Waals surface area (Å²) < 4.78 is 3.40. The van der Waals surface area contributed by atoms with Crippen LogP contribution in [0, 0.1) is 0 Å². The molecule has 2 aromatic carbocycles. The van der Waals surface area contributed by atoms with Crippen LogP contribution >= 0.6 is 15.9 Å². The number of nitrogens with zero attached hydrogens (tertiary/aromatic N) is 4. The maximum Gasteiger partial charge on any atom is 0.110 e. The lowest BCUT2D eigenvalue weighted by Gasteiger charge is -2.32. The number of benzene rings is 2. The van der Waals surface area contributed by atoms with E-state index in [1.807, 2.05) is 0 Å². The second-order valence-corrected chi connectivity index (χ2v) is 7.61. The number of aromatic nitrogens is 2. The van der Waals surface area contributed by atoms with Crippen LogP contribution in [0.15, 0.2) is 34.8 Å². The Labute approximate surface area is 151 Å². The molecule has 0 spiro atoms. The normalized spacial score (nSPS) is 17.1. The Morgan fingerprint density at radius 1 is 1.04 bits per heavy atom. The average molecular weight is 387 g/mol. The van der Waals surface area contributed by atoms with Gasteiger partial charge in [0.2, 0.25) is 0 Å². The molecule has 0 amide bonds. The van der Waals surface area contributed by atoms with Crippen LogP contribution in [-0.2, 0) is 13.5 Å². The molecule has 0 radical (unpaired) electrons. The van der Waals surface area contributed by atoms with Crippen LogP contribution in [0.3, 0.4) is 0 Å². The van der Waals surface area contributed by atoms with E-state index >= 15 is 0 Å². The van der Waals surface area contributed by atoms with Crippen molar-refractivity contribution in [1.29, 1.82) is 0 Å². The molecule has 5 heteroatoms. The molecule has 126 valence electrons. The lowest BCUT2D eigenvalue weighted by Crippen LogP contribution is -2.45. The van der Waals surface area contributed by atoms with Crippen LogP contribution < -0.4 is 0 Å². The quantitative estimate of drug-likeness (QED) is 0.690. The zero-order valence-corrected chi connectivity index (χ0v) is 15.9. The molecule has 0 aliphatic carbocycles. The van der Waals surface area contributed by atoms with E-state index in [9.17, 15) is 0 Å². The third-order valence-electron chi connectivity index (χ3n) is 5.17. The molecule has 2 heterocycles. The summed E-state index contributed by atoms with van der Waals surface area (Å²) in [6, 6.07) is 10.7. The number of halogens is 1. The van der Waals surface area contributed by atoms with Crippen molar-refractivity contribution >= 4 is 37.7 Å². The summed E-state index contributed by atoms with van der Waals surface area (Å²) in [5.74, 6) is 1.17. The molecule has 1 aliphatic rings. The Balaban J connectivity index is 1.65. The maximum absolute atomic E-state index is 4.92. The molecule has 1 aromatic heterocycles. The van der Waals surface area contributed by atoms with Crippen LogP contribution in [0.25, 0.3) is 21.8 Å². The maximum atomic E-state index is 4.92. The average Bonchev–Trinajstić information content (AvgIpc) is 2.90. The fraction of sp³-hybridized carbons (Fsp3) is 0.421. The van der Waals surface area contributed by atoms with Crippen molar-refractivity contribution in [3.05, 3.63) is 40.6 Å². The summed E-state index contributed by atoms with van der Waals surface area (Å²) in [5.41, 5.74) is 2.32. The van der Waals surface area contributed by atoms with Gasteiger partial charge in [0.25, 0.3) is 0 Å². The van der Waals surface area contributed by atoms with Gasteiger partial charge in [-0.3, -0.25) is 0 Å². The highest BCUT2D eigenvalue weighted by atomic mass is 79.9. The number of likely N-dealkylation sites (N-methyl/N-ethyl adjacent to an activating group) is 1. The van der Waals surface area contributed by atoms with Crippen LogP contribution in [-0.4, -0.2) is 59.1 Å². The van der Waals surface area contributed by atoms with Gasteiger partial charge >= 0.3 is 0 Å². The second-order valence-electron chi connectivity index (χ2n) is 6.75. The van der Waals surface area contributed by atoms with E-state index in [1.165, 1.54) is 35.2 Å². The van der Waals surface area contributed by atoms with E-state index in [4.69, 9.17) is 4.98 Å². The van der Waals surface area contributed by atoms with Gasteiger partial charge in [-0.1, -0.05) is 40.2 Å². The molecule has 0 N–H and O–H groups in total. The number of piperazine rings is 1. The van der Waals surface area contributed by atoms with Gasteiger partial charge in [-0.25, -0.2) is 4.98 Å². The van der Waals surface area contributed by atoms with E-state index in [0.29, 0.717) is 0 Å². The number of hydrogen-bond acceptors (Lipinski definition) is 3. The van der Waals surface area contributed by atoms with Crippen molar-refractivity contribution in [3.8, 4) is 0 Å². The monoisotopic (exact) mass is 386 g/mol. The highest BCUT2D eigenvalue weighted by Crippen LogP contribution is 2.32. The van der Waals surface area contributed by atoms with E-state index in [1.54, 1.807) is 0 Å². The van der Waals surface area contributed by atoms with Crippen LogP contribution in [0.5, 0.6) is 0 Å². The Kier molecular flexibility index (Phi) is 4.33. The minimum Gasteiger partial charge on any atom is -0.331 e. The van der Waals surface area contributed by atoms with Gasteiger partial charge in [-0.15, -0.1) is 0 Å². The van der Waals surface area contributed by atoms with Crippen molar-refractivity contribution in [2.75, 3.05) is 39.8 Å². The molecule has 0 bridgehead atoms. The Hall–Kier alpha value is -1.43. The third-order valence-corrected chi connectivity index (χ3v) is 5.82. The van der Waals surface area contributed by atoms with Crippen LogP contribution in [0.1, 0.15) is 5.82 Å². The largest absolute Gasteiger partial charge is 0.331 e. The fourth-order valence-corrected chi connectivity index (χ4v) is 4.20. The molecule has 4 rings (SSSR count). The second kappa shape index (κ2) is 6.47.